The van der Waals surface area contributed by atoms with Crippen molar-refractivity contribution in [1.82, 2.24) is 15.4 Å². The molecule has 0 radical (unpaired) electrons. The van der Waals surface area contributed by atoms with Crippen molar-refractivity contribution in [2.24, 2.45) is 11.3 Å². The average Bonchev–Trinajstić information content (AvgIpc) is 3.32. The van der Waals surface area contributed by atoms with Gasteiger partial charge in [0.1, 0.15) is 5.75 Å². The van der Waals surface area contributed by atoms with E-state index >= 15 is 0 Å². The van der Waals surface area contributed by atoms with E-state index in [1.54, 1.807) is 12.1 Å². The number of nitrogens with one attached hydrogen (secondary N) is 1. The number of rotatable bonds is 3. The van der Waals surface area contributed by atoms with Crippen molar-refractivity contribution >= 4 is 11.8 Å². The van der Waals surface area contributed by atoms with Gasteiger partial charge < -0.3 is 24.2 Å². The fourth-order valence-electron chi connectivity index (χ4n) is 4.88. The number of carbonyl (C=O) groups excluding carboxylic acids is 2. The lowest BCUT2D eigenvalue weighted by atomic mass is 9.75. The quantitative estimate of drug-likeness (QED) is 0.706. The lowest BCUT2D eigenvalue weighted by Gasteiger charge is -2.41. The van der Waals surface area contributed by atoms with Gasteiger partial charge in [-0.1, -0.05) is 37.6 Å². The van der Waals surface area contributed by atoms with E-state index in [2.05, 4.69) is 24.3 Å². The molecule has 4 rings (SSSR count). The normalized spacial score (nSPS) is 19.5. The zero-order chi connectivity index (χ0) is 24.7. The van der Waals surface area contributed by atoms with Gasteiger partial charge in [0.2, 0.25) is 5.76 Å². The minimum absolute atomic E-state index is 0.0608. The van der Waals surface area contributed by atoms with Gasteiger partial charge in [0, 0.05) is 37.7 Å². The van der Waals surface area contributed by atoms with Gasteiger partial charge in [-0.15, -0.1) is 0 Å². The van der Waals surface area contributed by atoms with Gasteiger partial charge >= 0.3 is 0 Å². The minimum Gasteiger partial charge on any atom is -0.492 e. The Morgan fingerprint density at radius 1 is 1.14 bits per heavy atom. The fourth-order valence-corrected chi connectivity index (χ4v) is 4.88. The molecule has 2 aliphatic rings. The number of likely N-dealkylation sites (tertiary alicyclic amines) is 1. The highest BCUT2D eigenvalue weighted by Crippen LogP contribution is 2.38. The first kappa shape index (κ1) is 25.2. The number of fused-ring (bicyclic) bond motifs is 1. The summed E-state index contributed by atoms with van der Waals surface area (Å²) < 4.78 is 17.4. The van der Waals surface area contributed by atoms with Crippen LogP contribution in [0.5, 0.6) is 5.75 Å². The predicted molar refractivity (Wildman–Crippen MR) is 132 cm³/mol. The smallest absolute Gasteiger partial charge is 0.292 e. The summed E-state index contributed by atoms with van der Waals surface area (Å²) in [5.74, 6) is 1.12. The van der Waals surface area contributed by atoms with Crippen molar-refractivity contribution < 1.29 is 23.6 Å². The third kappa shape index (κ3) is 6.63. The molecule has 2 aromatic rings. The standard InChI is InChI=1S/C27H37N3O5/c1-20(2)17-21-18-24(35-29-21)26(32)30-13-10-27(11-14-30)9-5-6-15-33-16-12-28-25(31)22-7-3-4-8-23(22)34-19-27/h3-4,7-8,18,20H,5-6,9-17,19H2,1-2H3,(H,28,31). The Morgan fingerprint density at radius 3 is 2.74 bits per heavy atom. The molecule has 35 heavy (non-hydrogen) atoms. The number of piperidine rings is 1. The third-order valence-electron chi connectivity index (χ3n) is 6.94. The first-order valence-corrected chi connectivity index (χ1v) is 12.8. The Kier molecular flexibility index (Phi) is 8.44. The van der Waals surface area contributed by atoms with Crippen LogP contribution < -0.4 is 10.1 Å². The molecule has 1 saturated heterocycles. The zero-order valence-corrected chi connectivity index (χ0v) is 20.9. The first-order valence-electron chi connectivity index (χ1n) is 12.8. The summed E-state index contributed by atoms with van der Waals surface area (Å²) in [5, 5.41) is 6.98. The van der Waals surface area contributed by atoms with Crippen LogP contribution in [0.2, 0.25) is 0 Å². The van der Waals surface area contributed by atoms with Crippen molar-refractivity contribution in [1.29, 1.82) is 0 Å². The molecule has 1 aromatic heterocycles. The number of nitrogens with zero attached hydrogens (tertiary/aromatic N) is 2. The number of benzene rings is 1. The maximum Gasteiger partial charge on any atom is 0.292 e. The van der Waals surface area contributed by atoms with Gasteiger partial charge in [0.05, 0.1) is 24.5 Å². The Balaban J connectivity index is 1.44. The molecule has 1 fully saturated rings. The van der Waals surface area contributed by atoms with E-state index in [4.69, 9.17) is 14.0 Å². The molecule has 190 valence electrons. The molecule has 2 aliphatic heterocycles. The van der Waals surface area contributed by atoms with E-state index in [1.807, 2.05) is 23.1 Å². The number of aromatic nitrogens is 1. The second-order valence-corrected chi connectivity index (χ2v) is 10.2. The van der Waals surface area contributed by atoms with E-state index in [-0.39, 0.29) is 17.2 Å². The van der Waals surface area contributed by atoms with Crippen molar-refractivity contribution in [2.45, 2.75) is 52.4 Å². The van der Waals surface area contributed by atoms with E-state index in [1.165, 1.54) is 0 Å². The van der Waals surface area contributed by atoms with Crippen LogP contribution in [-0.4, -0.2) is 61.3 Å². The largest absolute Gasteiger partial charge is 0.492 e. The monoisotopic (exact) mass is 483 g/mol. The lowest BCUT2D eigenvalue weighted by Crippen LogP contribution is -2.45. The summed E-state index contributed by atoms with van der Waals surface area (Å²) >= 11 is 0. The van der Waals surface area contributed by atoms with E-state index in [9.17, 15) is 9.59 Å². The number of hydrogen-bond acceptors (Lipinski definition) is 6. The lowest BCUT2D eigenvalue weighted by molar-refractivity contribution is 0.0318. The molecule has 3 heterocycles. The Morgan fingerprint density at radius 2 is 1.94 bits per heavy atom. The zero-order valence-electron chi connectivity index (χ0n) is 20.9. The van der Waals surface area contributed by atoms with Crippen molar-refractivity contribution in [2.75, 3.05) is 39.5 Å². The number of carbonyl (C=O) groups is 2. The molecule has 0 saturated carbocycles. The van der Waals surface area contributed by atoms with Crippen LogP contribution in [0.15, 0.2) is 34.9 Å². The molecular formula is C27H37N3O5. The first-order chi connectivity index (χ1) is 17.0. The molecule has 8 nitrogen and oxygen atoms in total. The van der Waals surface area contributed by atoms with Crippen LogP contribution in [-0.2, 0) is 11.2 Å². The molecule has 2 amide bonds. The third-order valence-corrected chi connectivity index (χ3v) is 6.94. The number of amides is 2. The van der Waals surface area contributed by atoms with Gasteiger partial charge in [-0.25, -0.2) is 0 Å². The van der Waals surface area contributed by atoms with Crippen LogP contribution >= 0.6 is 0 Å². The van der Waals surface area contributed by atoms with Crippen LogP contribution in [0.3, 0.4) is 0 Å². The predicted octanol–water partition coefficient (Wildman–Crippen LogP) is 4.10. The Hall–Kier alpha value is -2.87. The van der Waals surface area contributed by atoms with Crippen molar-refractivity contribution in [3.8, 4) is 5.75 Å². The maximum absolute atomic E-state index is 13.0. The van der Waals surface area contributed by atoms with Crippen LogP contribution in [0.1, 0.15) is 72.6 Å². The van der Waals surface area contributed by atoms with Crippen molar-refractivity contribution in [3.63, 3.8) is 0 Å². The molecule has 0 atom stereocenters. The van der Waals surface area contributed by atoms with Gasteiger partial charge in [0.25, 0.3) is 11.8 Å². The second-order valence-electron chi connectivity index (χ2n) is 10.2. The van der Waals surface area contributed by atoms with E-state index < -0.39 is 0 Å². The highest BCUT2D eigenvalue weighted by Gasteiger charge is 2.37. The molecule has 0 aliphatic carbocycles. The highest BCUT2D eigenvalue weighted by atomic mass is 16.5. The number of para-hydroxylation sites is 1. The molecular weight excluding hydrogens is 446 g/mol. The van der Waals surface area contributed by atoms with Crippen LogP contribution in [0, 0.1) is 11.3 Å². The molecule has 0 unspecified atom stereocenters. The summed E-state index contributed by atoms with van der Waals surface area (Å²) in [7, 11) is 0. The highest BCUT2D eigenvalue weighted by molar-refractivity contribution is 5.96. The van der Waals surface area contributed by atoms with Gasteiger partial charge in [-0.2, -0.15) is 0 Å². The van der Waals surface area contributed by atoms with Crippen LogP contribution in [0.4, 0.5) is 0 Å². The minimum atomic E-state index is -0.153. The Bertz CT molecular complexity index is 994. The van der Waals surface area contributed by atoms with E-state index in [0.717, 1.165) is 44.2 Å². The SMILES string of the molecule is CC(C)Cc1cc(C(=O)N2CCC3(CCCCOCCNC(=O)c4ccccc4OC3)CC2)on1. The summed E-state index contributed by atoms with van der Waals surface area (Å²) in [6, 6.07) is 9.15. The van der Waals surface area contributed by atoms with Crippen LogP contribution in [0.25, 0.3) is 0 Å². The molecule has 1 aromatic carbocycles. The average molecular weight is 484 g/mol. The topological polar surface area (TPSA) is 93.9 Å². The summed E-state index contributed by atoms with van der Waals surface area (Å²) in [5.41, 5.74) is 1.30. The number of ether oxygens (including phenoxy) is 2. The second kappa shape index (κ2) is 11.7. The van der Waals surface area contributed by atoms with Gasteiger partial charge in [0.15, 0.2) is 0 Å². The Labute approximate surface area is 207 Å². The van der Waals surface area contributed by atoms with Gasteiger partial charge in [-0.3, -0.25) is 9.59 Å². The maximum atomic E-state index is 13.0. The van der Waals surface area contributed by atoms with Crippen molar-refractivity contribution in [3.05, 3.63) is 47.3 Å². The van der Waals surface area contributed by atoms with Gasteiger partial charge in [-0.05, 0) is 50.2 Å². The summed E-state index contributed by atoms with van der Waals surface area (Å²) in [4.78, 5) is 27.6. The number of hydrogen-bond donors (Lipinski definition) is 1. The summed E-state index contributed by atoms with van der Waals surface area (Å²) in [6.45, 7) is 7.68. The molecule has 1 spiro atoms. The molecule has 0 bridgehead atoms. The summed E-state index contributed by atoms with van der Waals surface area (Å²) in [6.07, 6.45) is 5.45. The van der Waals surface area contributed by atoms with E-state index in [0.29, 0.717) is 62.4 Å². The molecule has 1 N–H and O–H groups in total. The fraction of sp³-hybridized carbons (Fsp3) is 0.593. The molecule has 8 heteroatoms.